The van der Waals surface area contributed by atoms with Gasteiger partial charge in [0.1, 0.15) is 0 Å². The fourth-order valence-electron chi connectivity index (χ4n) is 2.40. The van der Waals surface area contributed by atoms with Gasteiger partial charge in [-0.15, -0.1) is 0 Å². The van der Waals surface area contributed by atoms with Gasteiger partial charge in [0.05, 0.1) is 18.8 Å². The van der Waals surface area contributed by atoms with E-state index in [0.29, 0.717) is 13.2 Å². The van der Waals surface area contributed by atoms with E-state index < -0.39 is 0 Å². The van der Waals surface area contributed by atoms with Crippen molar-refractivity contribution in [1.29, 1.82) is 0 Å². The minimum absolute atomic E-state index is 0.0169. The summed E-state index contributed by atoms with van der Waals surface area (Å²) in [6, 6.07) is 8.26. The zero-order valence-electron chi connectivity index (χ0n) is 11.1. The number of nitrogens with two attached hydrogens (primary N) is 1. The number of hydrogen-bond donors (Lipinski definition) is 1. The maximum Gasteiger partial charge on any atom is 0.0950 e. The highest BCUT2D eigenvalue weighted by molar-refractivity contribution is 5.28. The van der Waals surface area contributed by atoms with Gasteiger partial charge in [-0.05, 0) is 37.3 Å². The number of benzene rings is 1. The largest absolute Gasteiger partial charge is 0.376 e. The molecule has 100 valence electrons. The molecule has 2 N–H and O–H groups in total. The van der Waals surface area contributed by atoms with E-state index in [-0.39, 0.29) is 12.2 Å². The molecule has 0 aliphatic carbocycles. The van der Waals surface area contributed by atoms with E-state index in [4.69, 9.17) is 15.2 Å². The van der Waals surface area contributed by atoms with Gasteiger partial charge in [0, 0.05) is 13.2 Å². The second kappa shape index (κ2) is 6.88. The molecule has 1 aliphatic heterocycles. The minimum atomic E-state index is -0.0169. The standard InChI is InChI=1S/C15H23NO2/c1-12-6-2-3-8-14(12)15(10-16)18-11-13-7-4-5-9-17-13/h2-3,6,8,13,15H,4-5,7,9-11,16H2,1H3. The number of hydrogen-bond acceptors (Lipinski definition) is 3. The Morgan fingerprint density at radius 2 is 2.22 bits per heavy atom. The van der Waals surface area contributed by atoms with Crippen LogP contribution in [-0.4, -0.2) is 25.9 Å². The summed E-state index contributed by atoms with van der Waals surface area (Å²) in [5.74, 6) is 0. The number of rotatable bonds is 5. The summed E-state index contributed by atoms with van der Waals surface area (Å²) in [5.41, 5.74) is 8.25. The molecule has 2 rings (SSSR count). The molecule has 3 nitrogen and oxygen atoms in total. The predicted octanol–water partition coefficient (Wildman–Crippen LogP) is 2.58. The molecule has 0 spiro atoms. The van der Waals surface area contributed by atoms with Gasteiger partial charge in [-0.2, -0.15) is 0 Å². The molecule has 0 aromatic heterocycles. The molecule has 1 aromatic rings. The lowest BCUT2D eigenvalue weighted by atomic mass is 10.0. The van der Waals surface area contributed by atoms with Crippen LogP contribution < -0.4 is 5.73 Å². The van der Waals surface area contributed by atoms with Gasteiger partial charge in [-0.3, -0.25) is 0 Å². The van der Waals surface area contributed by atoms with Crippen LogP contribution >= 0.6 is 0 Å². The van der Waals surface area contributed by atoms with Crippen molar-refractivity contribution >= 4 is 0 Å². The fourth-order valence-corrected chi connectivity index (χ4v) is 2.40. The molecule has 1 fully saturated rings. The average Bonchev–Trinajstić information content (AvgIpc) is 2.42. The van der Waals surface area contributed by atoms with Gasteiger partial charge in [0.2, 0.25) is 0 Å². The first-order valence-electron chi connectivity index (χ1n) is 6.80. The van der Waals surface area contributed by atoms with Crippen molar-refractivity contribution in [2.75, 3.05) is 19.8 Å². The van der Waals surface area contributed by atoms with Crippen molar-refractivity contribution in [2.24, 2.45) is 5.73 Å². The Labute approximate surface area is 109 Å². The van der Waals surface area contributed by atoms with Crippen LogP contribution in [0.5, 0.6) is 0 Å². The Balaban J connectivity index is 1.91. The Bertz CT molecular complexity index is 361. The normalized spacial score (nSPS) is 21.8. The molecule has 1 saturated heterocycles. The van der Waals surface area contributed by atoms with Crippen molar-refractivity contribution < 1.29 is 9.47 Å². The van der Waals surface area contributed by atoms with Gasteiger partial charge < -0.3 is 15.2 Å². The molecule has 1 aliphatic rings. The number of ether oxygens (including phenoxy) is 2. The molecule has 0 bridgehead atoms. The maximum atomic E-state index is 5.95. The van der Waals surface area contributed by atoms with E-state index in [1.54, 1.807) is 0 Å². The molecule has 1 aromatic carbocycles. The predicted molar refractivity (Wildman–Crippen MR) is 72.5 cm³/mol. The summed E-state index contributed by atoms with van der Waals surface area (Å²) in [6.45, 7) is 4.12. The topological polar surface area (TPSA) is 44.5 Å². The van der Waals surface area contributed by atoms with Gasteiger partial charge in [-0.25, -0.2) is 0 Å². The van der Waals surface area contributed by atoms with E-state index in [0.717, 1.165) is 13.0 Å². The van der Waals surface area contributed by atoms with Gasteiger partial charge in [0.25, 0.3) is 0 Å². The monoisotopic (exact) mass is 249 g/mol. The van der Waals surface area contributed by atoms with Crippen molar-refractivity contribution in [3.05, 3.63) is 35.4 Å². The van der Waals surface area contributed by atoms with Crippen LogP contribution in [0.2, 0.25) is 0 Å². The second-order valence-electron chi connectivity index (χ2n) is 4.90. The minimum Gasteiger partial charge on any atom is -0.376 e. The van der Waals surface area contributed by atoms with E-state index in [9.17, 15) is 0 Å². The molecule has 18 heavy (non-hydrogen) atoms. The Morgan fingerprint density at radius 1 is 1.39 bits per heavy atom. The molecular weight excluding hydrogens is 226 g/mol. The molecular formula is C15H23NO2. The van der Waals surface area contributed by atoms with E-state index >= 15 is 0 Å². The first-order chi connectivity index (χ1) is 8.81. The summed E-state index contributed by atoms with van der Waals surface area (Å²) >= 11 is 0. The van der Waals surface area contributed by atoms with E-state index in [2.05, 4.69) is 19.1 Å². The molecule has 2 atom stereocenters. The zero-order valence-corrected chi connectivity index (χ0v) is 11.1. The summed E-state index contributed by atoms with van der Waals surface area (Å²) in [6.07, 6.45) is 3.75. The first-order valence-corrected chi connectivity index (χ1v) is 6.80. The van der Waals surface area contributed by atoms with Crippen molar-refractivity contribution in [2.45, 2.75) is 38.4 Å². The average molecular weight is 249 g/mol. The van der Waals surface area contributed by atoms with Crippen LogP contribution in [0.15, 0.2) is 24.3 Å². The molecule has 0 radical (unpaired) electrons. The Hall–Kier alpha value is -0.900. The van der Waals surface area contributed by atoms with Crippen LogP contribution in [0.3, 0.4) is 0 Å². The van der Waals surface area contributed by atoms with Crippen molar-refractivity contribution in [3.63, 3.8) is 0 Å². The SMILES string of the molecule is Cc1ccccc1C(CN)OCC1CCCCO1. The zero-order chi connectivity index (χ0) is 12.8. The molecule has 3 heteroatoms. The number of aryl methyl sites for hydroxylation is 1. The summed E-state index contributed by atoms with van der Waals surface area (Å²) < 4.78 is 11.6. The van der Waals surface area contributed by atoms with Gasteiger partial charge in [-0.1, -0.05) is 24.3 Å². The van der Waals surface area contributed by atoms with Crippen LogP contribution in [0, 0.1) is 6.92 Å². The third kappa shape index (κ3) is 3.55. The summed E-state index contributed by atoms with van der Waals surface area (Å²) in [7, 11) is 0. The van der Waals surface area contributed by atoms with Crippen LogP contribution in [-0.2, 0) is 9.47 Å². The summed E-state index contributed by atoms with van der Waals surface area (Å²) in [4.78, 5) is 0. The van der Waals surface area contributed by atoms with E-state index in [1.165, 1.54) is 24.0 Å². The van der Waals surface area contributed by atoms with Gasteiger partial charge in [0.15, 0.2) is 0 Å². The fraction of sp³-hybridized carbons (Fsp3) is 0.600. The highest BCUT2D eigenvalue weighted by Gasteiger charge is 2.18. The van der Waals surface area contributed by atoms with Crippen LogP contribution in [0.1, 0.15) is 36.5 Å². The summed E-state index contributed by atoms with van der Waals surface area (Å²) in [5, 5.41) is 0. The lowest BCUT2D eigenvalue weighted by Crippen LogP contribution is -2.27. The lowest BCUT2D eigenvalue weighted by molar-refractivity contribution is -0.0619. The third-order valence-corrected chi connectivity index (χ3v) is 3.51. The molecule has 0 amide bonds. The molecule has 1 heterocycles. The smallest absolute Gasteiger partial charge is 0.0950 e. The Kier molecular flexibility index (Phi) is 5.17. The highest BCUT2D eigenvalue weighted by atomic mass is 16.5. The quantitative estimate of drug-likeness (QED) is 0.872. The first kappa shape index (κ1) is 13.5. The maximum absolute atomic E-state index is 5.95. The van der Waals surface area contributed by atoms with Crippen molar-refractivity contribution in [1.82, 2.24) is 0 Å². The van der Waals surface area contributed by atoms with E-state index in [1.807, 2.05) is 12.1 Å². The van der Waals surface area contributed by atoms with Gasteiger partial charge >= 0.3 is 0 Å². The second-order valence-corrected chi connectivity index (χ2v) is 4.90. The third-order valence-electron chi connectivity index (χ3n) is 3.51. The van der Waals surface area contributed by atoms with Crippen molar-refractivity contribution in [3.8, 4) is 0 Å². The van der Waals surface area contributed by atoms with Crippen LogP contribution in [0.4, 0.5) is 0 Å². The highest BCUT2D eigenvalue weighted by Crippen LogP contribution is 2.22. The molecule has 0 saturated carbocycles. The molecule has 2 unspecified atom stereocenters. The lowest BCUT2D eigenvalue weighted by Gasteiger charge is -2.25. The van der Waals surface area contributed by atoms with Crippen LogP contribution in [0.25, 0.3) is 0 Å². The Morgan fingerprint density at radius 3 is 2.89 bits per heavy atom.